The van der Waals surface area contributed by atoms with Crippen LogP contribution in [0.15, 0.2) is 34.3 Å². The maximum atomic E-state index is 5.88. The number of nitrogens with two attached hydrogens (primary N) is 1. The number of aryl methyl sites for hydroxylation is 1. The number of hydrogen-bond donors (Lipinski definition) is 1. The molecule has 1 aromatic carbocycles. The third-order valence-corrected chi connectivity index (χ3v) is 4.68. The Morgan fingerprint density at radius 3 is 2.70 bits per heavy atom. The Morgan fingerprint density at radius 1 is 1.15 bits per heavy atom. The van der Waals surface area contributed by atoms with Gasteiger partial charge in [0.1, 0.15) is 5.82 Å². The summed E-state index contributed by atoms with van der Waals surface area (Å²) in [4.78, 5) is 1.19. The molecular weight excluding hydrogens is 268 g/mol. The smallest absolute Gasteiger partial charge is 0.196 e. The molecule has 1 aromatic heterocycles. The van der Waals surface area contributed by atoms with Crippen molar-refractivity contribution in [2.75, 3.05) is 0 Å². The molecule has 20 heavy (non-hydrogen) atoms. The van der Waals surface area contributed by atoms with Crippen LogP contribution in [0.25, 0.3) is 0 Å². The number of nitrogens with zero attached hydrogens (tertiary/aromatic N) is 3. The minimum atomic E-state index is 0.0819. The van der Waals surface area contributed by atoms with Crippen molar-refractivity contribution in [1.29, 1.82) is 0 Å². The highest BCUT2D eigenvalue weighted by atomic mass is 32.2. The first-order chi connectivity index (χ1) is 9.74. The number of fused-ring (bicyclic) bond motifs is 1. The van der Waals surface area contributed by atoms with Crippen LogP contribution in [-0.4, -0.2) is 14.8 Å². The zero-order valence-corrected chi connectivity index (χ0v) is 12.6. The SMILES string of the molecule is CC(N)c1ccc(Sc2nnc3n2CCCCC3)cc1. The lowest BCUT2D eigenvalue weighted by molar-refractivity contribution is 0.591. The monoisotopic (exact) mass is 288 g/mol. The van der Waals surface area contributed by atoms with Crippen LogP contribution >= 0.6 is 11.8 Å². The second kappa shape index (κ2) is 5.97. The Morgan fingerprint density at radius 2 is 1.95 bits per heavy atom. The van der Waals surface area contributed by atoms with Crippen LogP contribution in [0, 0.1) is 0 Å². The van der Waals surface area contributed by atoms with E-state index in [-0.39, 0.29) is 6.04 Å². The van der Waals surface area contributed by atoms with E-state index in [1.807, 2.05) is 6.92 Å². The lowest BCUT2D eigenvalue weighted by atomic mass is 10.1. The van der Waals surface area contributed by atoms with Crippen molar-refractivity contribution >= 4 is 11.8 Å². The molecule has 0 aliphatic carbocycles. The van der Waals surface area contributed by atoms with Gasteiger partial charge in [0.15, 0.2) is 5.16 Å². The molecule has 0 amide bonds. The van der Waals surface area contributed by atoms with Gasteiger partial charge in [0, 0.05) is 23.9 Å². The average molecular weight is 288 g/mol. The fourth-order valence-corrected chi connectivity index (χ4v) is 3.35. The van der Waals surface area contributed by atoms with Gasteiger partial charge in [-0.1, -0.05) is 18.6 Å². The number of benzene rings is 1. The molecule has 0 saturated heterocycles. The number of aromatic nitrogens is 3. The highest BCUT2D eigenvalue weighted by Gasteiger charge is 2.15. The molecule has 1 unspecified atom stereocenters. The van der Waals surface area contributed by atoms with E-state index in [0.717, 1.165) is 29.5 Å². The first-order valence-electron chi connectivity index (χ1n) is 7.19. The van der Waals surface area contributed by atoms with Gasteiger partial charge < -0.3 is 10.3 Å². The van der Waals surface area contributed by atoms with Gasteiger partial charge in [-0.15, -0.1) is 10.2 Å². The predicted molar refractivity (Wildman–Crippen MR) is 80.7 cm³/mol. The Hall–Kier alpha value is -1.33. The van der Waals surface area contributed by atoms with Gasteiger partial charge in [0.25, 0.3) is 0 Å². The van der Waals surface area contributed by atoms with Crippen molar-refractivity contribution in [2.45, 2.75) is 55.2 Å². The molecule has 1 aliphatic heterocycles. The second-order valence-electron chi connectivity index (χ2n) is 5.32. The summed E-state index contributed by atoms with van der Waals surface area (Å²) < 4.78 is 2.27. The van der Waals surface area contributed by atoms with Crippen molar-refractivity contribution in [3.8, 4) is 0 Å². The predicted octanol–water partition coefficient (Wildman–Crippen LogP) is 3.18. The molecule has 0 radical (unpaired) electrons. The zero-order chi connectivity index (χ0) is 13.9. The van der Waals surface area contributed by atoms with Gasteiger partial charge in [-0.25, -0.2) is 0 Å². The Labute approximate surface area is 123 Å². The van der Waals surface area contributed by atoms with E-state index in [9.17, 15) is 0 Å². The molecule has 1 atom stereocenters. The Balaban J connectivity index is 1.79. The molecular formula is C15H20N4S. The highest BCUT2D eigenvalue weighted by Crippen LogP contribution is 2.29. The van der Waals surface area contributed by atoms with Crippen LogP contribution < -0.4 is 5.73 Å². The maximum Gasteiger partial charge on any atom is 0.196 e. The summed E-state index contributed by atoms with van der Waals surface area (Å²) in [6.45, 7) is 3.04. The summed E-state index contributed by atoms with van der Waals surface area (Å²) in [5, 5.41) is 9.68. The molecule has 1 aliphatic rings. The summed E-state index contributed by atoms with van der Waals surface area (Å²) in [5.41, 5.74) is 7.04. The summed E-state index contributed by atoms with van der Waals surface area (Å²) in [6.07, 6.45) is 4.79. The van der Waals surface area contributed by atoms with Gasteiger partial charge in [0.05, 0.1) is 0 Å². The summed E-state index contributed by atoms with van der Waals surface area (Å²) >= 11 is 1.69. The molecule has 0 saturated carbocycles. The van der Waals surface area contributed by atoms with Crippen LogP contribution in [0.2, 0.25) is 0 Å². The minimum Gasteiger partial charge on any atom is -0.324 e. The van der Waals surface area contributed by atoms with E-state index >= 15 is 0 Å². The van der Waals surface area contributed by atoms with Crippen LogP contribution in [0.4, 0.5) is 0 Å². The van der Waals surface area contributed by atoms with E-state index in [4.69, 9.17) is 5.73 Å². The van der Waals surface area contributed by atoms with Crippen molar-refractivity contribution < 1.29 is 0 Å². The van der Waals surface area contributed by atoms with Crippen LogP contribution in [0.3, 0.4) is 0 Å². The molecule has 0 spiro atoms. The number of rotatable bonds is 3. The standard InChI is InChI=1S/C15H20N4S/c1-11(16)12-6-8-13(9-7-12)20-15-18-17-14-5-3-2-4-10-19(14)15/h6-9,11H,2-5,10,16H2,1H3. The topological polar surface area (TPSA) is 56.7 Å². The van der Waals surface area contributed by atoms with Crippen molar-refractivity contribution in [3.63, 3.8) is 0 Å². The molecule has 106 valence electrons. The fourth-order valence-electron chi connectivity index (χ4n) is 2.48. The van der Waals surface area contributed by atoms with Crippen molar-refractivity contribution in [2.24, 2.45) is 5.73 Å². The van der Waals surface area contributed by atoms with Gasteiger partial charge in [-0.05, 0) is 49.2 Å². The minimum absolute atomic E-state index is 0.0819. The van der Waals surface area contributed by atoms with E-state index in [2.05, 4.69) is 39.0 Å². The molecule has 2 heterocycles. The van der Waals surface area contributed by atoms with Crippen molar-refractivity contribution in [3.05, 3.63) is 35.7 Å². The van der Waals surface area contributed by atoms with Gasteiger partial charge >= 0.3 is 0 Å². The Kier molecular flexibility index (Phi) is 4.08. The van der Waals surface area contributed by atoms with Gasteiger partial charge in [-0.3, -0.25) is 0 Å². The summed E-state index contributed by atoms with van der Waals surface area (Å²) in [7, 11) is 0. The lowest BCUT2D eigenvalue weighted by Crippen LogP contribution is -2.04. The molecule has 3 rings (SSSR count). The normalized spacial score (nSPS) is 16.5. The van der Waals surface area contributed by atoms with E-state index in [1.54, 1.807) is 11.8 Å². The van der Waals surface area contributed by atoms with E-state index < -0.39 is 0 Å². The summed E-state index contributed by atoms with van der Waals surface area (Å²) in [5.74, 6) is 1.14. The van der Waals surface area contributed by atoms with Crippen LogP contribution in [-0.2, 0) is 13.0 Å². The quantitative estimate of drug-likeness (QED) is 0.942. The van der Waals surface area contributed by atoms with Gasteiger partial charge in [-0.2, -0.15) is 0 Å². The largest absolute Gasteiger partial charge is 0.324 e. The summed E-state index contributed by atoms with van der Waals surface area (Å²) in [6, 6.07) is 8.49. The lowest BCUT2D eigenvalue weighted by Gasteiger charge is -2.08. The third-order valence-electron chi connectivity index (χ3n) is 3.69. The van der Waals surface area contributed by atoms with E-state index in [1.165, 1.54) is 24.2 Å². The Bertz CT molecular complexity index is 574. The molecule has 4 nitrogen and oxygen atoms in total. The molecule has 5 heteroatoms. The van der Waals surface area contributed by atoms with E-state index in [0.29, 0.717) is 0 Å². The highest BCUT2D eigenvalue weighted by molar-refractivity contribution is 7.99. The fraction of sp³-hybridized carbons (Fsp3) is 0.467. The van der Waals surface area contributed by atoms with Crippen LogP contribution in [0.5, 0.6) is 0 Å². The van der Waals surface area contributed by atoms with Gasteiger partial charge in [0.2, 0.25) is 0 Å². The zero-order valence-electron chi connectivity index (χ0n) is 11.7. The molecule has 0 bridgehead atoms. The molecule has 0 fully saturated rings. The first kappa shape index (κ1) is 13.6. The van der Waals surface area contributed by atoms with Crippen LogP contribution in [0.1, 0.15) is 43.6 Å². The van der Waals surface area contributed by atoms with Crippen molar-refractivity contribution in [1.82, 2.24) is 14.8 Å². The maximum absolute atomic E-state index is 5.88. The molecule has 2 N–H and O–H groups in total. The molecule has 2 aromatic rings. The number of hydrogen-bond acceptors (Lipinski definition) is 4. The first-order valence-corrected chi connectivity index (χ1v) is 8.01. The second-order valence-corrected chi connectivity index (χ2v) is 6.36. The third kappa shape index (κ3) is 2.88. The average Bonchev–Trinajstić information content (AvgIpc) is 2.69.